The number of rotatable bonds is 6. The summed E-state index contributed by atoms with van der Waals surface area (Å²) in [5, 5.41) is 13.4. The molecule has 0 atom stereocenters. The van der Waals surface area contributed by atoms with Crippen molar-refractivity contribution in [2.24, 2.45) is 0 Å². The summed E-state index contributed by atoms with van der Waals surface area (Å²) in [5.74, 6) is -0.894. The van der Waals surface area contributed by atoms with Gasteiger partial charge in [0, 0.05) is 30.6 Å². The van der Waals surface area contributed by atoms with Gasteiger partial charge in [0.2, 0.25) is 17.8 Å². The summed E-state index contributed by atoms with van der Waals surface area (Å²) in [5.41, 5.74) is 2.33. The number of alkyl halides is 3. The first-order valence-electron chi connectivity index (χ1n) is 9.47. The quantitative estimate of drug-likeness (QED) is 0.458. The number of hydrogen-bond donors (Lipinski definition) is 2. The monoisotopic (exact) mass is 459 g/mol. The molecule has 2 amide bonds. The summed E-state index contributed by atoms with van der Waals surface area (Å²) >= 11 is 0. The van der Waals surface area contributed by atoms with Gasteiger partial charge in [-0.25, -0.2) is 4.52 Å². The third-order valence-corrected chi connectivity index (χ3v) is 4.27. The summed E-state index contributed by atoms with van der Waals surface area (Å²) in [6.45, 7) is 1.25. The largest absolute Gasteiger partial charge is 0.573 e. The van der Waals surface area contributed by atoms with Crippen molar-refractivity contribution < 1.29 is 27.5 Å². The van der Waals surface area contributed by atoms with Crippen molar-refractivity contribution in [2.45, 2.75) is 19.8 Å². The molecule has 3 heterocycles. The zero-order valence-electron chi connectivity index (χ0n) is 17.0. The molecule has 0 bridgehead atoms. The maximum Gasteiger partial charge on any atom is 0.573 e. The molecule has 0 saturated carbocycles. The van der Waals surface area contributed by atoms with E-state index in [2.05, 4.69) is 30.6 Å². The average molecular weight is 459 g/mol. The minimum absolute atomic E-state index is 0.110. The molecule has 0 aliphatic heterocycles. The van der Waals surface area contributed by atoms with Gasteiger partial charge in [0.05, 0.1) is 6.20 Å². The van der Waals surface area contributed by atoms with Crippen molar-refractivity contribution in [3.05, 3.63) is 55.0 Å². The Morgan fingerprint density at radius 2 is 1.85 bits per heavy atom. The fourth-order valence-electron chi connectivity index (χ4n) is 2.96. The molecular formula is C20H16F3N7O3. The molecule has 0 aliphatic carbocycles. The Balaban J connectivity index is 1.40. The number of carbonyl (C=O) groups is 2. The number of nitrogens with zero attached hydrogens (tertiary/aromatic N) is 5. The van der Waals surface area contributed by atoms with Gasteiger partial charge in [0.15, 0.2) is 5.65 Å². The van der Waals surface area contributed by atoms with Gasteiger partial charge in [-0.1, -0.05) is 0 Å². The number of anilines is 2. The van der Waals surface area contributed by atoms with Crippen LogP contribution in [0, 0.1) is 0 Å². The Morgan fingerprint density at radius 3 is 2.55 bits per heavy atom. The number of amides is 2. The van der Waals surface area contributed by atoms with Crippen LogP contribution in [0.25, 0.3) is 16.8 Å². The van der Waals surface area contributed by atoms with E-state index < -0.39 is 12.3 Å². The number of ether oxygens (including phenoxy) is 1. The SMILES string of the molecule is CC(=O)Nc1nc2cc(-c3cnn(CC(=O)Nc4ccc(OC(F)(F)F)cc4)c3)ccn2n1. The molecule has 33 heavy (non-hydrogen) atoms. The summed E-state index contributed by atoms with van der Waals surface area (Å²) in [6.07, 6.45) is 0.137. The van der Waals surface area contributed by atoms with Crippen molar-refractivity contribution in [2.75, 3.05) is 10.6 Å². The van der Waals surface area contributed by atoms with E-state index in [4.69, 9.17) is 0 Å². The molecule has 1 aromatic carbocycles. The lowest BCUT2D eigenvalue weighted by Crippen LogP contribution is -2.19. The van der Waals surface area contributed by atoms with Crippen LogP contribution < -0.4 is 15.4 Å². The van der Waals surface area contributed by atoms with E-state index in [-0.39, 0.29) is 24.1 Å². The molecule has 170 valence electrons. The minimum Gasteiger partial charge on any atom is -0.406 e. The predicted octanol–water partition coefficient (Wildman–Crippen LogP) is 3.09. The third kappa shape index (κ3) is 5.64. The van der Waals surface area contributed by atoms with Crippen molar-refractivity contribution in [1.29, 1.82) is 0 Å². The van der Waals surface area contributed by atoms with Crippen LogP contribution in [-0.2, 0) is 16.1 Å². The first-order valence-corrected chi connectivity index (χ1v) is 9.47. The van der Waals surface area contributed by atoms with Gasteiger partial charge >= 0.3 is 6.36 Å². The molecule has 0 radical (unpaired) electrons. The summed E-state index contributed by atoms with van der Waals surface area (Å²) < 4.78 is 43.4. The van der Waals surface area contributed by atoms with Crippen LogP contribution in [0.5, 0.6) is 5.75 Å². The fourth-order valence-corrected chi connectivity index (χ4v) is 2.96. The van der Waals surface area contributed by atoms with Gasteiger partial charge in [0.25, 0.3) is 0 Å². The number of fused-ring (bicyclic) bond motifs is 1. The van der Waals surface area contributed by atoms with Crippen molar-refractivity contribution >= 4 is 29.1 Å². The second-order valence-corrected chi connectivity index (χ2v) is 6.88. The second-order valence-electron chi connectivity index (χ2n) is 6.88. The average Bonchev–Trinajstić information content (AvgIpc) is 3.33. The minimum atomic E-state index is -4.78. The highest BCUT2D eigenvalue weighted by atomic mass is 19.4. The standard InChI is InChI=1S/C20H16F3N7O3/c1-12(31)25-19-27-17-8-13(6-7-30(17)28-19)14-9-24-29(10-14)11-18(32)26-15-2-4-16(5-3-15)33-20(21,22)23/h2-10H,11H2,1H3,(H,26,32)(H,25,28,31). The van der Waals surface area contributed by atoms with Crippen LogP contribution in [0.1, 0.15) is 6.92 Å². The van der Waals surface area contributed by atoms with Crippen LogP contribution in [0.3, 0.4) is 0 Å². The highest BCUT2D eigenvalue weighted by Gasteiger charge is 2.30. The zero-order chi connectivity index (χ0) is 23.6. The Bertz CT molecular complexity index is 1310. The molecule has 10 nitrogen and oxygen atoms in total. The highest BCUT2D eigenvalue weighted by molar-refractivity contribution is 5.90. The Morgan fingerprint density at radius 1 is 1.09 bits per heavy atom. The van der Waals surface area contributed by atoms with Crippen LogP contribution in [-0.4, -0.2) is 42.6 Å². The molecule has 4 rings (SSSR count). The van der Waals surface area contributed by atoms with Gasteiger partial charge in [-0.15, -0.1) is 18.3 Å². The molecule has 2 N–H and O–H groups in total. The molecule has 4 aromatic rings. The van der Waals surface area contributed by atoms with E-state index in [1.165, 1.54) is 28.3 Å². The number of nitrogens with one attached hydrogen (secondary N) is 2. The van der Waals surface area contributed by atoms with E-state index >= 15 is 0 Å². The van der Waals surface area contributed by atoms with E-state index in [9.17, 15) is 22.8 Å². The molecule has 0 saturated heterocycles. The van der Waals surface area contributed by atoms with Crippen LogP contribution in [0.4, 0.5) is 24.8 Å². The number of benzene rings is 1. The summed E-state index contributed by atoms with van der Waals surface area (Å²) in [4.78, 5) is 27.7. The first kappa shape index (κ1) is 21.8. The maximum absolute atomic E-state index is 12.3. The number of hydrogen-bond acceptors (Lipinski definition) is 6. The number of pyridine rings is 1. The molecule has 3 aromatic heterocycles. The summed E-state index contributed by atoms with van der Waals surface area (Å²) in [6, 6.07) is 8.35. The van der Waals surface area contributed by atoms with Crippen LogP contribution in [0.15, 0.2) is 55.0 Å². The topological polar surface area (TPSA) is 115 Å². The van der Waals surface area contributed by atoms with E-state index in [1.54, 1.807) is 30.7 Å². The van der Waals surface area contributed by atoms with Gasteiger partial charge < -0.3 is 10.1 Å². The Kier molecular flexibility index (Phi) is 5.69. The molecule has 0 fully saturated rings. The second kappa shape index (κ2) is 8.61. The first-order chi connectivity index (χ1) is 15.6. The van der Waals surface area contributed by atoms with Crippen molar-refractivity contribution in [3.8, 4) is 16.9 Å². The van der Waals surface area contributed by atoms with E-state index in [0.29, 0.717) is 11.3 Å². The van der Waals surface area contributed by atoms with Gasteiger partial charge in [0.1, 0.15) is 12.3 Å². The highest BCUT2D eigenvalue weighted by Crippen LogP contribution is 2.24. The van der Waals surface area contributed by atoms with Crippen LogP contribution in [0.2, 0.25) is 0 Å². The third-order valence-electron chi connectivity index (χ3n) is 4.27. The van der Waals surface area contributed by atoms with E-state index in [0.717, 1.165) is 23.3 Å². The Labute approximate surface area is 184 Å². The van der Waals surface area contributed by atoms with Crippen molar-refractivity contribution in [1.82, 2.24) is 24.4 Å². The molecular weight excluding hydrogens is 443 g/mol. The number of carbonyl (C=O) groups excluding carboxylic acids is 2. The normalized spacial score (nSPS) is 11.4. The van der Waals surface area contributed by atoms with Crippen LogP contribution >= 0.6 is 0 Å². The lowest BCUT2D eigenvalue weighted by Gasteiger charge is -2.10. The zero-order valence-corrected chi connectivity index (χ0v) is 17.0. The molecule has 13 heteroatoms. The molecule has 0 aliphatic rings. The number of halogens is 3. The van der Waals surface area contributed by atoms with Gasteiger partial charge in [-0.2, -0.15) is 10.1 Å². The predicted molar refractivity (Wildman–Crippen MR) is 110 cm³/mol. The van der Waals surface area contributed by atoms with E-state index in [1.807, 2.05) is 0 Å². The fraction of sp³-hybridized carbons (Fsp3) is 0.150. The maximum atomic E-state index is 12.3. The number of aromatic nitrogens is 5. The van der Waals surface area contributed by atoms with Gasteiger partial charge in [-0.05, 0) is 42.0 Å². The Hall–Kier alpha value is -4.42. The smallest absolute Gasteiger partial charge is 0.406 e. The molecule has 0 unspecified atom stereocenters. The van der Waals surface area contributed by atoms with Crippen molar-refractivity contribution in [3.63, 3.8) is 0 Å². The van der Waals surface area contributed by atoms with Gasteiger partial charge in [-0.3, -0.25) is 19.6 Å². The lowest BCUT2D eigenvalue weighted by molar-refractivity contribution is -0.274. The lowest BCUT2D eigenvalue weighted by atomic mass is 10.1. The molecule has 0 spiro atoms. The summed E-state index contributed by atoms with van der Waals surface area (Å²) in [7, 11) is 0.